The molecule has 1 heterocycles. The van der Waals surface area contributed by atoms with Crippen molar-refractivity contribution in [2.75, 3.05) is 5.32 Å². The van der Waals surface area contributed by atoms with Crippen molar-refractivity contribution < 1.29 is 4.74 Å². The molecule has 3 N–H and O–H groups in total. The van der Waals surface area contributed by atoms with E-state index in [9.17, 15) is 0 Å². The highest BCUT2D eigenvalue weighted by molar-refractivity contribution is 5.92. The molecule has 2 aromatic carbocycles. The van der Waals surface area contributed by atoms with Crippen molar-refractivity contribution in [1.82, 2.24) is 4.98 Å². The first kappa shape index (κ1) is 18.5. The van der Waals surface area contributed by atoms with Gasteiger partial charge in [-0.15, -0.1) is 0 Å². The third kappa shape index (κ3) is 5.57. The Kier molecular flexibility index (Phi) is 6.05. The molecule has 5 heteroatoms. The number of hydrogen-bond donors (Lipinski definition) is 2. The van der Waals surface area contributed by atoms with Crippen molar-refractivity contribution in [1.29, 1.82) is 0 Å². The van der Waals surface area contributed by atoms with Crippen LogP contribution in [-0.4, -0.2) is 10.9 Å². The number of aliphatic imine (C=N–C) groups is 1. The number of nitrogens with one attached hydrogen (secondary N) is 1. The van der Waals surface area contributed by atoms with E-state index in [2.05, 4.69) is 35.2 Å². The minimum absolute atomic E-state index is 0.359. The van der Waals surface area contributed by atoms with Crippen LogP contribution in [0, 0.1) is 13.8 Å². The van der Waals surface area contributed by atoms with Gasteiger partial charge in [0, 0.05) is 17.4 Å². The maximum atomic E-state index is 6.05. The third-order valence-electron chi connectivity index (χ3n) is 3.98. The Morgan fingerprint density at radius 1 is 1.04 bits per heavy atom. The lowest BCUT2D eigenvalue weighted by Crippen LogP contribution is -2.22. The molecular formula is C22H24N4O. The maximum absolute atomic E-state index is 6.05. The number of guanidine groups is 1. The van der Waals surface area contributed by atoms with Crippen LogP contribution >= 0.6 is 0 Å². The predicted molar refractivity (Wildman–Crippen MR) is 110 cm³/mol. The molecule has 5 nitrogen and oxygen atoms in total. The second-order valence-corrected chi connectivity index (χ2v) is 6.44. The number of benzene rings is 2. The van der Waals surface area contributed by atoms with E-state index in [4.69, 9.17) is 10.5 Å². The van der Waals surface area contributed by atoms with Gasteiger partial charge < -0.3 is 15.8 Å². The van der Waals surface area contributed by atoms with Gasteiger partial charge in [0.05, 0.1) is 6.54 Å². The summed E-state index contributed by atoms with van der Waals surface area (Å²) >= 11 is 0. The summed E-state index contributed by atoms with van der Waals surface area (Å²) in [6.07, 6.45) is 1.71. The van der Waals surface area contributed by atoms with Gasteiger partial charge >= 0.3 is 0 Å². The molecule has 0 fully saturated rings. The Balaban J connectivity index is 1.65. The Morgan fingerprint density at radius 2 is 1.78 bits per heavy atom. The molecule has 0 aliphatic carbocycles. The zero-order chi connectivity index (χ0) is 19.1. The smallest absolute Gasteiger partial charge is 0.218 e. The van der Waals surface area contributed by atoms with Gasteiger partial charge in [-0.05, 0) is 48.7 Å². The van der Waals surface area contributed by atoms with E-state index in [1.165, 1.54) is 11.1 Å². The summed E-state index contributed by atoms with van der Waals surface area (Å²) in [6.45, 7) is 4.96. The number of aromatic nitrogens is 1. The monoisotopic (exact) mass is 360 g/mol. The van der Waals surface area contributed by atoms with E-state index in [0.717, 1.165) is 16.8 Å². The molecule has 0 radical (unpaired) electrons. The molecule has 138 valence electrons. The van der Waals surface area contributed by atoms with Crippen molar-refractivity contribution in [2.45, 2.75) is 27.0 Å². The summed E-state index contributed by atoms with van der Waals surface area (Å²) in [7, 11) is 0. The molecule has 27 heavy (non-hydrogen) atoms. The first-order valence-electron chi connectivity index (χ1n) is 8.86. The molecular weight excluding hydrogens is 336 g/mol. The lowest BCUT2D eigenvalue weighted by molar-refractivity contribution is 0.290. The minimum atomic E-state index is 0.359. The Bertz CT molecular complexity index is 902. The molecule has 0 saturated heterocycles. The number of ether oxygens (including phenoxy) is 1. The fraction of sp³-hybridized carbons (Fsp3) is 0.182. The van der Waals surface area contributed by atoms with E-state index >= 15 is 0 Å². The van der Waals surface area contributed by atoms with Crippen LogP contribution in [-0.2, 0) is 13.2 Å². The van der Waals surface area contributed by atoms with Gasteiger partial charge in [-0.2, -0.15) is 0 Å². The first-order valence-corrected chi connectivity index (χ1v) is 8.86. The van der Waals surface area contributed by atoms with Gasteiger partial charge in [0.25, 0.3) is 0 Å². The minimum Gasteiger partial charge on any atom is -0.473 e. The molecule has 0 saturated carbocycles. The average Bonchev–Trinajstić information content (AvgIpc) is 2.65. The first-order chi connectivity index (χ1) is 13.1. The Morgan fingerprint density at radius 3 is 2.52 bits per heavy atom. The quantitative estimate of drug-likeness (QED) is 0.510. The van der Waals surface area contributed by atoms with Crippen LogP contribution in [0.25, 0.3) is 0 Å². The summed E-state index contributed by atoms with van der Waals surface area (Å²) in [4.78, 5) is 8.75. The Labute approximate surface area is 159 Å². The van der Waals surface area contributed by atoms with Gasteiger partial charge in [-0.25, -0.2) is 9.98 Å². The van der Waals surface area contributed by atoms with Gasteiger partial charge in [0.1, 0.15) is 6.61 Å². The normalized spacial score (nSPS) is 11.3. The van der Waals surface area contributed by atoms with Crippen LogP contribution in [0.15, 0.2) is 71.9 Å². The van der Waals surface area contributed by atoms with Gasteiger partial charge in [0.2, 0.25) is 5.88 Å². The van der Waals surface area contributed by atoms with Crippen molar-refractivity contribution in [3.05, 3.63) is 89.1 Å². The number of hydrogen-bond acceptors (Lipinski definition) is 3. The van der Waals surface area contributed by atoms with Crippen LogP contribution in [0.1, 0.15) is 22.3 Å². The Hall–Kier alpha value is -3.34. The number of pyridine rings is 1. The van der Waals surface area contributed by atoms with Crippen LogP contribution in [0.4, 0.5) is 5.69 Å². The standard InChI is InChI=1S/C22H24N4O/c1-16-11-17(2)13-20(12-16)26-22(23)25-14-19-9-6-10-24-21(19)27-15-18-7-4-3-5-8-18/h3-13H,14-15H2,1-2H3,(H3,23,25,26). The number of nitrogens with zero attached hydrogens (tertiary/aromatic N) is 2. The molecule has 1 aromatic heterocycles. The maximum Gasteiger partial charge on any atom is 0.218 e. The van der Waals surface area contributed by atoms with Crippen LogP contribution < -0.4 is 15.8 Å². The fourth-order valence-electron chi connectivity index (χ4n) is 2.80. The van der Waals surface area contributed by atoms with E-state index in [1.54, 1.807) is 6.20 Å². The molecule has 3 rings (SSSR count). The molecule has 0 amide bonds. The molecule has 0 aliphatic heterocycles. The predicted octanol–water partition coefficient (Wildman–Crippen LogP) is 4.20. The second-order valence-electron chi connectivity index (χ2n) is 6.44. The topological polar surface area (TPSA) is 72.5 Å². The highest BCUT2D eigenvalue weighted by Crippen LogP contribution is 2.18. The highest BCUT2D eigenvalue weighted by Gasteiger charge is 2.05. The lowest BCUT2D eigenvalue weighted by Gasteiger charge is -2.10. The number of nitrogens with two attached hydrogens (primary N) is 1. The van der Waals surface area contributed by atoms with Gasteiger partial charge in [-0.3, -0.25) is 0 Å². The fourth-order valence-corrected chi connectivity index (χ4v) is 2.80. The largest absolute Gasteiger partial charge is 0.473 e. The van der Waals surface area contributed by atoms with E-state index in [-0.39, 0.29) is 0 Å². The zero-order valence-corrected chi connectivity index (χ0v) is 15.6. The zero-order valence-electron chi connectivity index (χ0n) is 15.6. The summed E-state index contributed by atoms with van der Waals surface area (Å²) in [5.74, 6) is 0.933. The summed E-state index contributed by atoms with van der Waals surface area (Å²) in [6, 6.07) is 20.0. The third-order valence-corrected chi connectivity index (χ3v) is 3.98. The van der Waals surface area contributed by atoms with Crippen LogP contribution in [0.3, 0.4) is 0 Å². The molecule has 0 unspecified atom stereocenters. The van der Waals surface area contributed by atoms with Crippen molar-refractivity contribution >= 4 is 11.6 Å². The van der Waals surface area contributed by atoms with Crippen molar-refractivity contribution in [3.63, 3.8) is 0 Å². The van der Waals surface area contributed by atoms with E-state index < -0.39 is 0 Å². The lowest BCUT2D eigenvalue weighted by atomic mass is 10.1. The number of rotatable bonds is 6. The average molecular weight is 360 g/mol. The summed E-state index contributed by atoms with van der Waals surface area (Å²) in [5, 5.41) is 3.14. The summed E-state index contributed by atoms with van der Waals surface area (Å²) in [5.41, 5.74) is 11.3. The molecule has 0 spiro atoms. The van der Waals surface area contributed by atoms with Gasteiger partial charge in [-0.1, -0.05) is 42.5 Å². The molecule has 0 atom stereocenters. The van der Waals surface area contributed by atoms with Crippen molar-refractivity contribution in [2.24, 2.45) is 10.7 Å². The highest BCUT2D eigenvalue weighted by atomic mass is 16.5. The van der Waals surface area contributed by atoms with Crippen molar-refractivity contribution in [3.8, 4) is 5.88 Å². The molecule has 0 aliphatic rings. The SMILES string of the molecule is Cc1cc(C)cc(NC(N)=NCc2cccnc2OCc2ccccc2)c1. The van der Waals surface area contributed by atoms with E-state index in [1.807, 2.05) is 54.6 Å². The van der Waals surface area contributed by atoms with E-state index in [0.29, 0.717) is 25.0 Å². The van der Waals surface area contributed by atoms with Gasteiger partial charge in [0.15, 0.2) is 5.96 Å². The molecule has 3 aromatic rings. The van der Waals surface area contributed by atoms with Crippen LogP contribution in [0.2, 0.25) is 0 Å². The molecule has 0 bridgehead atoms. The van der Waals surface area contributed by atoms with Crippen LogP contribution in [0.5, 0.6) is 5.88 Å². The summed E-state index contributed by atoms with van der Waals surface area (Å²) < 4.78 is 5.86. The second kappa shape index (κ2) is 8.85. The number of aryl methyl sites for hydroxylation is 2. The number of anilines is 1.